The van der Waals surface area contributed by atoms with Crippen LogP contribution in [0.5, 0.6) is 0 Å². The fraction of sp³-hybridized carbons (Fsp3) is 0. The first-order valence-electron chi connectivity index (χ1n) is 7.57. The van der Waals surface area contributed by atoms with Crippen molar-refractivity contribution in [1.29, 1.82) is 0 Å². The number of carbonyl (C=O) groups is 1. The van der Waals surface area contributed by atoms with Gasteiger partial charge in [0.2, 0.25) is 0 Å². The molecular weight excluding hydrogens is 337 g/mol. The lowest BCUT2D eigenvalue weighted by Crippen LogP contribution is -2.18. The summed E-state index contributed by atoms with van der Waals surface area (Å²) in [4.78, 5) is 21.2. The fourth-order valence-electron chi connectivity index (χ4n) is 2.49. The maximum atomic E-state index is 13.0. The average molecular weight is 349 g/mol. The molecule has 0 spiro atoms. The van der Waals surface area contributed by atoms with E-state index in [0.717, 1.165) is 33.1 Å². The monoisotopic (exact) mass is 349 g/mol. The van der Waals surface area contributed by atoms with Gasteiger partial charge in [-0.2, -0.15) is 0 Å². The summed E-state index contributed by atoms with van der Waals surface area (Å²) in [5.41, 5.74) is 2.44. The maximum Gasteiger partial charge on any atom is 0.289 e. The van der Waals surface area contributed by atoms with Gasteiger partial charge in [-0.05, 0) is 65.9 Å². The van der Waals surface area contributed by atoms with E-state index in [-0.39, 0.29) is 11.1 Å². The van der Waals surface area contributed by atoms with E-state index in [4.69, 9.17) is 0 Å². The molecule has 0 bridgehead atoms. The van der Waals surface area contributed by atoms with E-state index in [0.29, 0.717) is 11.5 Å². The molecule has 1 aromatic heterocycles. The molecule has 1 amide bonds. The van der Waals surface area contributed by atoms with Crippen molar-refractivity contribution < 1.29 is 9.18 Å². The SMILES string of the molecule is O=C1NC(=Nc2ccc(F)cc2)C(=Cc2ccc3ncccc3c2)S1. The summed E-state index contributed by atoms with van der Waals surface area (Å²) in [6, 6.07) is 15.6. The molecule has 0 radical (unpaired) electrons. The number of amides is 1. The Kier molecular flexibility index (Phi) is 4.03. The number of rotatable bonds is 2. The predicted molar refractivity (Wildman–Crippen MR) is 99.3 cm³/mol. The molecule has 25 heavy (non-hydrogen) atoms. The molecule has 0 saturated carbocycles. The molecular formula is C19H12FN3OS. The Morgan fingerprint density at radius 3 is 2.80 bits per heavy atom. The Hall–Kier alpha value is -2.99. The largest absolute Gasteiger partial charge is 0.300 e. The summed E-state index contributed by atoms with van der Waals surface area (Å²) in [7, 11) is 0. The molecule has 1 aliphatic heterocycles. The molecule has 1 N–H and O–H groups in total. The zero-order valence-corrected chi connectivity index (χ0v) is 13.8. The normalized spacial score (nSPS) is 17.4. The summed E-state index contributed by atoms with van der Waals surface area (Å²) in [5.74, 6) is 0.141. The van der Waals surface area contributed by atoms with E-state index >= 15 is 0 Å². The van der Waals surface area contributed by atoms with Crippen LogP contribution in [0.1, 0.15) is 5.56 Å². The van der Waals surface area contributed by atoms with Crippen LogP contribution in [0.4, 0.5) is 14.9 Å². The second-order valence-electron chi connectivity index (χ2n) is 5.42. The van der Waals surface area contributed by atoms with E-state index in [2.05, 4.69) is 15.3 Å². The summed E-state index contributed by atoms with van der Waals surface area (Å²) >= 11 is 1.09. The Morgan fingerprint density at radius 1 is 1.12 bits per heavy atom. The maximum absolute atomic E-state index is 13.0. The Balaban J connectivity index is 1.71. The summed E-state index contributed by atoms with van der Waals surface area (Å²) in [6.45, 7) is 0. The van der Waals surface area contributed by atoms with E-state index in [1.54, 1.807) is 18.3 Å². The van der Waals surface area contributed by atoms with Crippen molar-refractivity contribution in [3.05, 3.63) is 77.1 Å². The molecule has 1 fully saturated rings. The summed E-state index contributed by atoms with van der Waals surface area (Å²) < 4.78 is 13.0. The van der Waals surface area contributed by atoms with Crippen molar-refractivity contribution >= 4 is 45.5 Å². The topological polar surface area (TPSA) is 54.4 Å². The lowest BCUT2D eigenvalue weighted by molar-refractivity contribution is 0.265. The molecule has 4 rings (SSSR count). The minimum Gasteiger partial charge on any atom is -0.300 e. The van der Waals surface area contributed by atoms with Gasteiger partial charge in [0, 0.05) is 11.6 Å². The minimum absolute atomic E-state index is 0.186. The standard InChI is InChI=1S/C19H12FN3OS/c20-14-4-6-15(7-5-14)22-18-17(25-19(24)23-18)11-12-3-8-16-13(10-12)2-1-9-21-16/h1-11H,(H,22,23,24). The van der Waals surface area contributed by atoms with Crippen molar-refractivity contribution in [2.75, 3.05) is 0 Å². The fourth-order valence-corrected chi connectivity index (χ4v) is 3.23. The molecule has 2 heterocycles. The van der Waals surface area contributed by atoms with Crippen LogP contribution in [0.25, 0.3) is 17.0 Å². The second kappa shape index (κ2) is 6.49. The van der Waals surface area contributed by atoms with Gasteiger partial charge in [0.15, 0.2) is 0 Å². The minimum atomic E-state index is -0.325. The Bertz CT molecular complexity index is 1030. The van der Waals surface area contributed by atoms with Crippen LogP contribution in [0.2, 0.25) is 0 Å². The number of benzene rings is 2. The van der Waals surface area contributed by atoms with Crippen LogP contribution >= 0.6 is 11.8 Å². The lowest BCUT2D eigenvalue weighted by Gasteiger charge is -2.02. The number of carbonyl (C=O) groups excluding carboxylic acids is 1. The second-order valence-corrected chi connectivity index (χ2v) is 6.43. The molecule has 3 aromatic rings. The third-order valence-corrected chi connectivity index (χ3v) is 4.47. The van der Waals surface area contributed by atoms with Crippen LogP contribution < -0.4 is 5.32 Å². The highest BCUT2D eigenvalue weighted by Crippen LogP contribution is 2.29. The zero-order valence-electron chi connectivity index (χ0n) is 12.9. The van der Waals surface area contributed by atoms with Gasteiger partial charge in [-0.25, -0.2) is 9.38 Å². The van der Waals surface area contributed by atoms with Gasteiger partial charge in [-0.15, -0.1) is 0 Å². The first-order valence-corrected chi connectivity index (χ1v) is 8.39. The number of pyridine rings is 1. The third kappa shape index (κ3) is 3.44. The van der Waals surface area contributed by atoms with Gasteiger partial charge in [0.25, 0.3) is 5.24 Å². The first-order chi connectivity index (χ1) is 12.2. The first kappa shape index (κ1) is 15.5. The van der Waals surface area contributed by atoms with Gasteiger partial charge in [0.05, 0.1) is 16.1 Å². The average Bonchev–Trinajstić information content (AvgIpc) is 2.96. The van der Waals surface area contributed by atoms with Gasteiger partial charge >= 0.3 is 0 Å². The van der Waals surface area contributed by atoms with Gasteiger partial charge < -0.3 is 5.32 Å². The molecule has 0 unspecified atom stereocenters. The number of nitrogens with one attached hydrogen (secondary N) is 1. The number of fused-ring (bicyclic) bond motifs is 1. The number of amidine groups is 1. The molecule has 0 aliphatic carbocycles. The van der Waals surface area contributed by atoms with Gasteiger partial charge in [-0.1, -0.05) is 12.1 Å². The number of nitrogens with zero attached hydrogens (tertiary/aromatic N) is 2. The zero-order chi connectivity index (χ0) is 17.2. The van der Waals surface area contributed by atoms with Crippen molar-refractivity contribution in [3.63, 3.8) is 0 Å². The quantitative estimate of drug-likeness (QED) is 0.716. The summed E-state index contributed by atoms with van der Waals surface area (Å²) in [5, 5.41) is 3.56. The lowest BCUT2D eigenvalue weighted by atomic mass is 10.1. The van der Waals surface area contributed by atoms with Crippen LogP contribution in [0.15, 0.2) is 70.7 Å². The van der Waals surface area contributed by atoms with Crippen molar-refractivity contribution in [1.82, 2.24) is 10.3 Å². The number of thioether (sulfide) groups is 1. The molecule has 1 saturated heterocycles. The number of hydrogen-bond acceptors (Lipinski definition) is 4. The van der Waals surface area contributed by atoms with E-state index in [1.165, 1.54) is 12.1 Å². The summed E-state index contributed by atoms with van der Waals surface area (Å²) in [6.07, 6.45) is 3.65. The van der Waals surface area contributed by atoms with Crippen LogP contribution in [-0.2, 0) is 0 Å². The van der Waals surface area contributed by atoms with E-state index in [9.17, 15) is 9.18 Å². The van der Waals surface area contributed by atoms with E-state index < -0.39 is 0 Å². The van der Waals surface area contributed by atoms with E-state index in [1.807, 2.05) is 36.4 Å². The molecule has 1 aliphatic rings. The molecule has 4 nitrogen and oxygen atoms in total. The number of aliphatic imine (C=N–C) groups is 1. The van der Waals surface area contributed by atoms with Gasteiger partial charge in [0.1, 0.15) is 11.7 Å². The highest BCUT2D eigenvalue weighted by molar-refractivity contribution is 8.18. The Labute approximate surface area is 147 Å². The Morgan fingerprint density at radius 2 is 1.96 bits per heavy atom. The molecule has 6 heteroatoms. The van der Waals surface area contributed by atoms with Crippen molar-refractivity contribution in [3.8, 4) is 0 Å². The predicted octanol–water partition coefficient (Wildman–Crippen LogP) is 4.90. The number of aromatic nitrogens is 1. The van der Waals surface area contributed by atoms with Gasteiger partial charge in [-0.3, -0.25) is 9.78 Å². The van der Waals surface area contributed by atoms with Crippen molar-refractivity contribution in [2.45, 2.75) is 0 Å². The number of hydrogen-bond donors (Lipinski definition) is 1. The van der Waals surface area contributed by atoms with Crippen LogP contribution in [-0.4, -0.2) is 16.1 Å². The highest BCUT2D eigenvalue weighted by Gasteiger charge is 2.23. The molecule has 0 atom stereocenters. The third-order valence-electron chi connectivity index (χ3n) is 3.65. The molecule has 2 aromatic carbocycles. The molecule has 122 valence electrons. The van der Waals surface area contributed by atoms with Crippen LogP contribution in [0, 0.1) is 5.82 Å². The van der Waals surface area contributed by atoms with Crippen LogP contribution in [0.3, 0.4) is 0 Å². The number of halogens is 1. The highest BCUT2D eigenvalue weighted by atomic mass is 32.2. The smallest absolute Gasteiger partial charge is 0.289 e. The van der Waals surface area contributed by atoms with Crippen molar-refractivity contribution in [2.24, 2.45) is 4.99 Å².